The largest absolute Gasteiger partial charge is 0.891 e. The van der Waals surface area contributed by atoms with Gasteiger partial charge in [-0.1, -0.05) is 0 Å². The van der Waals surface area contributed by atoms with Gasteiger partial charge >= 0.3 is 0 Å². The van der Waals surface area contributed by atoms with Crippen molar-refractivity contribution >= 4 is 5.78 Å². The third-order valence-electron chi connectivity index (χ3n) is 1.59. The van der Waals surface area contributed by atoms with Crippen molar-refractivity contribution in [2.75, 3.05) is 0 Å². The molecule has 0 bridgehead atoms. The monoisotopic (exact) mass is 143 g/mol. The zero-order valence-electron chi connectivity index (χ0n) is 5.55. The zero-order chi connectivity index (χ0) is 7.84. The van der Waals surface area contributed by atoms with E-state index in [-0.39, 0.29) is 11.5 Å². The SMILES string of the molecule is O=C1C=[C-]C([O-])=C2C=[C-]C=C12. The molecular formula is C9H3O2-3. The number of ketones is 1. The average molecular weight is 143 g/mol. The number of fused-ring (bicyclic) bond motifs is 1. The van der Waals surface area contributed by atoms with Crippen LogP contribution in [0.15, 0.2) is 35.1 Å². The Hall–Kier alpha value is -1.57. The van der Waals surface area contributed by atoms with Gasteiger partial charge in [-0.05, 0) is 0 Å². The third-order valence-corrected chi connectivity index (χ3v) is 1.59. The van der Waals surface area contributed by atoms with Gasteiger partial charge in [0.15, 0.2) is 0 Å². The Morgan fingerprint density at radius 1 is 1.36 bits per heavy atom. The van der Waals surface area contributed by atoms with Gasteiger partial charge in [0.25, 0.3) is 0 Å². The Bertz CT molecular complexity index is 341. The summed E-state index contributed by atoms with van der Waals surface area (Å²) < 4.78 is 0. The highest BCUT2D eigenvalue weighted by molar-refractivity contribution is 6.09. The Morgan fingerprint density at radius 2 is 2.18 bits per heavy atom. The molecule has 11 heavy (non-hydrogen) atoms. The molecule has 0 atom stereocenters. The first kappa shape index (κ1) is 6.16. The van der Waals surface area contributed by atoms with Crippen molar-refractivity contribution in [1.29, 1.82) is 0 Å². The molecule has 0 heterocycles. The molecule has 0 N–H and O–H groups in total. The van der Waals surface area contributed by atoms with Gasteiger partial charge in [0, 0.05) is 5.78 Å². The molecule has 0 radical (unpaired) electrons. The van der Waals surface area contributed by atoms with Gasteiger partial charge in [-0.25, -0.2) is 11.3 Å². The van der Waals surface area contributed by atoms with Crippen LogP contribution < -0.4 is 5.11 Å². The van der Waals surface area contributed by atoms with E-state index in [9.17, 15) is 9.90 Å². The first-order chi connectivity index (χ1) is 5.29. The van der Waals surface area contributed by atoms with E-state index in [1.807, 2.05) is 0 Å². The molecule has 0 aromatic rings. The summed E-state index contributed by atoms with van der Waals surface area (Å²) in [6.07, 6.45) is 9.24. The van der Waals surface area contributed by atoms with Crippen molar-refractivity contribution in [3.05, 3.63) is 47.3 Å². The topological polar surface area (TPSA) is 40.1 Å². The van der Waals surface area contributed by atoms with E-state index >= 15 is 0 Å². The number of hydrogen-bond acceptors (Lipinski definition) is 2. The summed E-state index contributed by atoms with van der Waals surface area (Å²) in [4.78, 5) is 11.0. The number of carbonyl (C=O) groups excluding carboxylic acids is 1. The number of carbonyl (C=O) groups is 1. The van der Waals surface area contributed by atoms with Crippen molar-refractivity contribution < 1.29 is 9.90 Å². The van der Waals surface area contributed by atoms with Crippen LogP contribution in [0.1, 0.15) is 0 Å². The fourth-order valence-electron chi connectivity index (χ4n) is 1.04. The molecule has 0 saturated heterocycles. The van der Waals surface area contributed by atoms with Gasteiger partial charge in [-0.3, -0.25) is 0 Å². The maximum Gasteiger partial charge on any atom is 0.0181 e. The van der Waals surface area contributed by atoms with Crippen molar-refractivity contribution in [2.24, 2.45) is 0 Å². The normalized spacial score (nSPS) is 20.7. The second-order valence-corrected chi connectivity index (χ2v) is 2.26. The molecule has 0 aliphatic heterocycles. The fraction of sp³-hybridized carbons (Fsp3) is 0. The molecule has 0 spiro atoms. The maximum atomic E-state index is 11.0. The highest BCUT2D eigenvalue weighted by Gasteiger charge is 1.99. The molecule has 0 aromatic carbocycles. The molecule has 0 aromatic heterocycles. The Morgan fingerprint density at radius 3 is 2.91 bits per heavy atom. The quantitative estimate of drug-likeness (QED) is 0.442. The smallest absolute Gasteiger partial charge is 0.0181 e. The van der Waals surface area contributed by atoms with Crippen LogP contribution in [-0.4, -0.2) is 5.78 Å². The second-order valence-electron chi connectivity index (χ2n) is 2.26. The minimum atomic E-state index is -0.235. The summed E-state index contributed by atoms with van der Waals surface area (Å²) in [6, 6.07) is 0. The lowest BCUT2D eigenvalue weighted by Crippen LogP contribution is -2.13. The average Bonchev–Trinajstić information content (AvgIpc) is 2.45. The fourth-order valence-corrected chi connectivity index (χ4v) is 1.04. The molecule has 0 saturated carbocycles. The van der Waals surface area contributed by atoms with E-state index in [0.29, 0.717) is 11.1 Å². The highest BCUT2D eigenvalue weighted by Crippen LogP contribution is 2.24. The van der Waals surface area contributed by atoms with Gasteiger partial charge in [-0.15, -0.1) is 6.08 Å². The molecule has 2 nitrogen and oxygen atoms in total. The minimum absolute atomic E-state index is 0.166. The van der Waals surface area contributed by atoms with Gasteiger partial charge < -0.3 is 9.90 Å². The molecule has 0 unspecified atom stereocenters. The summed E-state index contributed by atoms with van der Waals surface area (Å²) >= 11 is 0. The predicted octanol–water partition coefficient (Wildman–Crippen LogP) is -0.158. The molecule has 2 rings (SSSR count). The summed E-state index contributed by atoms with van der Waals surface area (Å²) in [5, 5.41) is 11.0. The molecule has 2 aliphatic carbocycles. The van der Waals surface area contributed by atoms with Gasteiger partial charge in [-0.2, -0.15) is 29.9 Å². The lowest BCUT2D eigenvalue weighted by atomic mass is 9.99. The van der Waals surface area contributed by atoms with Crippen LogP contribution in [0.25, 0.3) is 0 Å². The Kier molecular flexibility index (Phi) is 1.09. The van der Waals surface area contributed by atoms with E-state index in [1.165, 1.54) is 18.2 Å². The van der Waals surface area contributed by atoms with Crippen LogP contribution in [0.4, 0.5) is 0 Å². The van der Waals surface area contributed by atoms with E-state index in [1.54, 1.807) is 0 Å². The van der Waals surface area contributed by atoms with Gasteiger partial charge in [0.2, 0.25) is 0 Å². The summed E-state index contributed by atoms with van der Waals surface area (Å²) in [5.74, 6) is -0.401. The second kappa shape index (κ2) is 1.95. The number of hydrogen-bond donors (Lipinski definition) is 0. The standard InChI is InChI=1S/C9H4O2/c10-8-4-5-9(11)7-3-1-2-6(7)8/h2-4,11H/q-2/p-1. The molecule has 2 aliphatic rings. The van der Waals surface area contributed by atoms with Crippen molar-refractivity contribution in [3.8, 4) is 0 Å². The van der Waals surface area contributed by atoms with E-state index in [0.717, 1.165) is 0 Å². The minimum Gasteiger partial charge on any atom is -0.891 e. The summed E-state index contributed by atoms with van der Waals surface area (Å²) in [5.41, 5.74) is 0.853. The van der Waals surface area contributed by atoms with Crippen LogP contribution in [-0.2, 0) is 4.79 Å². The Labute approximate surface area is 63.8 Å². The van der Waals surface area contributed by atoms with Crippen LogP contribution in [0.5, 0.6) is 0 Å². The van der Waals surface area contributed by atoms with Crippen molar-refractivity contribution in [1.82, 2.24) is 0 Å². The molecule has 0 fully saturated rings. The van der Waals surface area contributed by atoms with Gasteiger partial charge in [0.05, 0.1) is 0 Å². The highest BCUT2D eigenvalue weighted by atomic mass is 16.3. The van der Waals surface area contributed by atoms with Gasteiger partial charge in [0.1, 0.15) is 0 Å². The maximum absolute atomic E-state index is 11.0. The van der Waals surface area contributed by atoms with E-state index in [2.05, 4.69) is 12.2 Å². The van der Waals surface area contributed by atoms with Crippen molar-refractivity contribution in [3.63, 3.8) is 0 Å². The number of allylic oxidation sites excluding steroid dienone is 7. The van der Waals surface area contributed by atoms with E-state index < -0.39 is 0 Å². The van der Waals surface area contributed by atoms with Crippen LogP contribution in [0.3, 0.4) is 0 Å². The lowest BCUT2D eigenvalue weighted by Gasteiger charge is -2.30. The zero-order valence-corrected chi connectivity index (χ0v) is 5.55. The first-order valence-corrected chi connectivity index (χ1v) is 3.14. The number of rotatable bonds is 0. The van der Waals surface area contributed by atoms with Crippen molar-refractivity contribution in [2.45, 2.75) is 0 Å². The molecule has 2 heteroatoms. The van der Waals surface area contributed by atoms with Crippen LogP contribution in [0.2, 0.25) is 0 Å². The molecular weight excluding hydrogens is 140 g/mol. The molecule has 54 valence electrons. The third kappa shape index (κ3) is 0.759. The predicted molar refractivity (Wildman–Crippen MR) is 35.7 cm³/mol. The van der Waals surface area contributed by atoms with E-state index in [4.69, 9.17) is 0 Å². The summed E-state index contributed by atoms with van der Waals surface area (Å²) in [7, 11) is 0. The Balaban J connectivity index is 2.60. The molecule has 0 amide bonds. The lowest BCUT2D eigenvalue weighted by molar-refractivity contribution is -0.297. The summed E-state index contributed by atoms with van der Waals surface area (Å²) in [6.45, 7) is 0. The van der Waals surface area contributed by atoms with Crippen LogP contribution >= 0.6 is 0 Å². The van der Waals surface area contributed by atoms with Crippen LogP contribution in [0, 0.1) is 12.2 Å². The first-order valence-electron chi connectivity index (χ1n) is 3.14.